The minimum absolute atomic E-state index is 0.893. The van der Waals surface area contributed by atoms with Crippen LogP contribution in [-0.4, -0.2) is 0 Å². The van der Waals surface area contributed by atoms with Crippen molar-refractivity contribution in [2.24, 2.45) is 13.0 Å². The molecule has 1 heterocycles. The second-order valence-corrected chi connectivity index (χ2v) is 7.00. The van der Waals surface area contributed by atoms with Crippen molar-refractivity contribution in [1.29, 1.82) is 0 Å². The number of hydrogen-bond donors (Lipinski definition) is 0. The molecule has 0 radical (unpaired) electrons. The molecule has 2 aromatic rings. The van der Waals surface area contributed by atoms with Gasteiger partial charge in [0.2, 0.25) is 5.69 Å². The van der Waals surface area contributed by atoms with Crippen LogP contribution in [-0.2, 0) is 13.5 Å². The zero-order chi connectivity index (χ0) is 15.5. The number of nitrogens with zero attached hydrogens (tertiary/aromatic N) is 1. The third-order valence-corrected chi connectivity index (χ3v) is 5.24. The van der Waals surface area contributed by atoms with Crippen LogP contribution in [0.4, 0.5) is 0 Å². The van der Waals surface area contributed by atoms with Crippen molar-refractivity contribution in [3.05, 3.63) is 53.2 Å². The Labute approximate surface area is 135 Å². The van der Waals surface area contributed by atoms with Crippen molar-refractivity contribution in [1.82, 2.24) is 0 Å². The van der Waals surface area contributed by atoms with Crippen molar-refractivity contribution in [2.75, 3.05) is 0 Å². The van der Waals surface area contributed by atoms with E-state index in [0.29, 0.717) is 0 Å². The Morgan fingerprint density at radius 3 is 2.45 bits per heavy atom. The van der Waals surface area contributed by atoms with E-state index in [0.717, 1.165) is 5.92 Å². The molecule has 0 bridgehead atoms. The molecular formula is C21H28N+. The van der Waals surface area contributed by atoms with Gasteiger partial charge in [0.05, 0.1) is 0 Å². The lowest BCUT2D eigenvalue weighted by molar-refractivity contribution is -0.660. The summed E-state index contributed by atoms with van der Waals surface area (Å²) in [5, 5.41) is 0. The van der Waals surface area contributed by atoms with Crippen molar-refractivity contribution in [2.45, 2.75) is 52.4 Å². The van der Waals surface area contributed by atoms with Gasteiger partial charge in [-0.05, 0) is 43.4 Å². The molecule has 1 saturated carbocycles. The fourth-order valence-electron chi connectivity index (χ4n) is 3.87. The van der Waals surface area contributed by atoms with E-state index in [1.165, 1.54) is 60.9 Å². The molecular weight excluding hydrogens is 266 g/mol. The van der Waals surface area contributed by atoms with Gasteiger partial charge in [-0.1, -0.05) is 50.3 Å². The Hall–Kier alpha value is -1.63. The topological polar surface area (TPSA) is 3.88 Å². The molecule has 1 aromatic carbocycles. The van der Waals surface area contributed by atoms with Gasteiger partial charge in [0.1, 0.15) is 7.05 Å². The van der Waals surface area contributed by atoms with Crippen LogP contribution in [0, 0.1) is 19.8 Å². The Bertz CT molecular complexity index is 651. The molecule has 0 amide bonds. The molecule has 1 aromatic heterocycles. The van der Waals surface area contributed by atoms with Gasteiger partial charge >= 0.3 is 0 Å². The average Bonchev–Trinajstić information content (AvgIpc) is 2.52. The molecule has 1 aliphatic carbocycles. The van der Waals surface area contributed by atoms with E-state index in [-0.39, 0.29) is 0 Å². The lowest BCUT2D eigenvalue weighted by atomic mass is 9.84. The van der Waals surface area contributed by atoms with Crippen molar-refractivity contribution < 1.29 is 4.57 Å². The van der Waals surface area contributed by atoms with E-state index in [1.807, 2.05) is 0 Å². The van der Waals surface area contributed by atoms with Crippen LogP contribution in [0.5, 0.6) is 0 Å². The first-order chi connectivity index (χ1) is 10.6. The number of hydrogen-bond acceptors (Lipinski definition) is 0. The second-order valence-electron chi connectivity index (χ2n) is 7.00. The Morgan fingerprint density at radius 1 is 1.00 bits per heavy atom. The lowest BCUT2D eigenvalue weighted by Crippen LogP contribution is -2.32. The van der Waals surface area contributed by atoms with E-state index < -0.39 is 0 Å². The Balaban J connectivity index is 1.94. The van der Waals surface area contributed by atoms with E-state index >= 15 is 0 Å². The van der Waals surface area contributed by atoms with E-state index in [4.69, 9.17) is 0 Å². The van der Waals surface area contributed by atoms with Crippen molar-refractivity contribution in [3.8, 4) is 11.3 Å². The first-order valence-corrected chi connectivity index (χ1v) is 8.70. The van der Waals surface area contributed by atoms with Gasteiger partial charge in [-0.15, -0.1) is 0 Å². The summed E-state index contributed by atoms with van der Waals surface area (Å²) in [7, 11) is 2.17. The molecule has 1 heteroatoms. The van der Waals surface area contributed by atoms with Gasteiger partial charge in [0, 0.05) is 17.2 Å². The van der Waals surface area contributed by atoms with Crippen LogP contribution in [0.1, 0.15) is 48.8 Å². The maximum Gasteiger partial charge on any atom is 0.212 e. The summed E-state index contributed by atoms with van der Waals surface area (Å²) in [6, 6.07) is 11.1. The largest absolute Gasteiger partial charge is 0.212 e. The van der Waals surface area contributed by atoms with E-state index in [1.54, 1.807) is 5.56 Å². The highest BCUT2D eigenvalue weighted by Gasteiger charge is 2.19. The maximum atomic E-state index is 2.44. The van der Waals surface area contributed by atoms with Crippen molar-refractivity contribution >= 4 is 0 Å². The fraction of sp³-hybridized carbons (Fsp3) is 0.476. The van der Waals surface area contributed by atoms with Gasteiger partial charge in [0.15, 0.2) is 6.20 Å². The van der Waals surface area contributed by atoms with Crippen LogP contribution in [0.25, 0.3) is 11.3 Å². The minimum Gasteiger partial charge on any atom is -0.201 e. The summed E-state index contributed by atoms with van der Waals surface area (Å²) < 4.78 is 2.28. The fourth-order valence-corrected chi connectivity index (χ4v) is 3.87. The molecule has 0 saturated heterocycles. The highest BCUT2D eigenvalue weighted by molar-refractivity contribution is 5.61. The van der Waals surface area contributed by atoms with Gasteiger partial charge < -0.3 is 0 Å². The quantitative estimate of drug-likeness (QED) is 0.708. The van der Waals surface area contributed by atoms with Crippen LogP contribution >= 0.6 is 0 Å². The number of benzene rings is 1. The standard InChI is InChI=1S/C21H28N/c1-16-9-7-8-12-20(16)21-14-19(17(2)15-22(21)3)13-18-10-5-4-6-11-18/h7-9,12,14-15,18H,4-6,10-11,13H2,1-3H3/q+1. The summed E-state index contributed by atoms with van der Waals surface area (Å²) in [6.07, 6.45) is 10.7. The number of rotatable bonds is 3. The van der Waals surface area contributed by atoms with Gasteiger partial charge in [-0.3, -0.25) is 0 Å². The molecule has 0 unspecified atom stereocenters. The highest BCUT2D eigenvalue weighted by atomic mass is 14.9. The second kappa shape index (κ2) is 6.64. The molecule has 22 heavy (non-hydrogen) atoms. The molecule has 1 fully saturated rings. The molecule has 116 valence electrons. The van der Waals surface area contributed by atoms with Crippen LogP contribution < -0.4 is 4.57 Å². The van der Waals surface area contributed by atoms with Crippen molar-refractivity contribution in [3.63, 3.8) is 0 Å². The first kappa shape index (κ1) is 15.3. The third kappa shape index (κ3) is 3.24. The number of aromatic nitrogens is 1. The monoisotopic (exact) mass is 294 g/mol. The lowest BCUT2D eigenvalue weighted by Gasteiger charge is -2.22. The molecule has 0 atom stereocenters. The Kier molecular flexibility index (Phi) is 4.61. The average molecular weight is 294 g/mol. The molecule has 3 rings (SSSR count). The highest BCUT2D eigenvalue weighted by Crippen LogP contribution is 2.29. The molecule has 0 spiro atoms. The summed E-state index contributed by atoms with van der Waals surface area (Å²) >= 11 is 0. The van der Waals surface area contributed by atoms with Gasteiger partial charge in [0.25, 0.3) is 0 Å². The molecule has 0 N–H and O–H groups in total. The first-order valence-electron chi connectivity index (χ1n) is 8.70. The summed E-state index contributed by atoms with van der Waals surface area (Å²) in [5.74, 6) is 0.893. The summed E-state index contributed by atoms with van der Waals surface area (Å²) in [5.41, 5.74) is 7.03. The Morgan fingerprint density at radius 2 is 1.73 bits per heavy atom. The van der Waals surface area contributed by atoms with Gasteiger partial charge in [-0.25, -0.2) is 4.57 Å². The molecule has 0 aliphatic heterocycles. The zero-order valence-electron chi connectivity index (χ0n) is 14.2. The van der Waals surface area contributed by atoms with Crippen LogP contribution in [0.3, 0.4) is 0 Å². The normalized spacial score (nSPS) is 16.0. The molecule has 1 nitrogen and oxygen atoms in total. The third-order valence-electron chi connectivity index (χ3n) is 5.24. The minimum atomic E-state index is 0.893. The summed E-state index contributed by atoms with van der Waals surface area (Å²) in [6.45, 7) is 4.47. The van der Waals surface area contributed by atoms with E-state index in [9.17, 15) is 0 Å². The van der Waals surface area contributed by atoms with Crippen LogP contribution in [0.15, 0.2) is 36.5 Å². The maximum absolute atomic E-state index is 2.44. The van der Waals surface area contributed by atoms with Crippen LogP contribution in [0.2, 0.25) is 0 Å². The van der Waals surface area contributed by atoms with E-state index in [2.05, 4.69) is 62.0 Å². The zero-order valence-corrected chi connectivity index (χ0v) is 14.2. The predicted molar refractivity (Wildman–Crippen MR) is 92.8 cm³/mol. The molecule has 1 aliphatic rings. The van der Waals surface area contributed by atoms with Gasteiger partial charge in [-0.2, -0.15) is 0 Å². The summed E-state index contributed by atoms with van der Waals surface area (Å²) in [4.78, 5) is 0. The SMILES string of the molecule is Cc1c[n+](C)c(-c2ccccc2C)cc1CC1CCCCC1. The smallest absolute Gasteiger partial charge is 0.201 e. The predicted octanol–water partition coefficient (Wildman–Crippen LogP) is 4.92. The number of pyridine rings is 1. The number of aryl methyl sites for hydroxylation is 3.